The Morgan fingerprint density at radius 3 is 1.68 bits per heavy atom. The molecule has 0 bridgehead atoms. The molecule has 0 N–H and O–H groups in total. The predicted molar refractivity (Wildman–Crippen MR) is 82.2 cm³/mol. The van der Waals surface area contributed by atoms with Crippen LogP contribution in [0.3, 0.4) is 0 Å². The lowest BCUT2D eigenvalue weighted by atomic mass is 10.1. The molecule has 0 aliphatic heterocycles. The molecule has 1 rings (SSSR count). The number of rotatable bonds is 5. The highest BCUT2D eigenvalue weighted by atomic mass is 28.4. The molecule has 0 aromatic heterocycles. The average molecular weight is 432 g/mol. The first kappa shape index (κ1) is 23.5. The maximum atomic E-state index is 12.5. The molecule has 0 spiro atoms. The predicted octanol–water partition coefficient (Wildman–Crippen LogP) is 3.89. The van der Waals surface area contributed by atoms with Gasteiger partial charge in [-0.05, 0) is 25.7 Å². The molecule has 0 saturated carbocycles. The Kier molecular flexibility index (Phi) is 6.87. The van der Waals surface area contributed by atoms with Crippen LogP contribution >= 0.6 is 0 Å². The maximum Gasteiger partial charge on any atom is 0.491 e. The normalized spacial score (nSPS) is 12.5. The van der Waals surface area contributed by atoms with E-state index in [1.807, 2.05) is 0 Å². The smallest absolute Gasteiger partial charge is 0.491 e. The third-order valence-electron chi connectivity index (χ3n) is 2.72. The van der Waals surface area contributed by atoms with Gasteiger partial charge in [0.25, 0.3) is 6.29 Å². The van der Waals surface area contributed by atoms with E-state index in [1.165, 1.54) is 6.07 Å². The highest BCUT2D eigenvalue weighted by molar-refractivity contribution is 6.71. The zero-order valence-corrected chi connectivity index (χ0v) is 15.6. The van der Waals surface area contributed by atoms with Gasteiger partial charge in [0.05, 0.1) is 5.56 Å². The van der Waals surface area contributed by atoms with E-state index in [9.17, 15) is 40.7 Å². The van der Waals surface area contributed by atoms with Crippen molar-refractivity contribution in [2.45, 2.75) is 38.3 Å². The van der Waals surface area contributed by atoms with Crippen molar-refractivity contribution in [2.24, 2.45) is 0 Å². The Hall–Kier alpha value is -2.57. The molecule has 13 heteroatoms. The molecule has 1 aromatic rings. The fraction of sp³-hybridized carbons (Fsp3) is 0.400. The highest BCUT2D eigenvalue weighted by Crippen LogP contribution is 2.30. The molecule has 156 valence electrons. The van der Waals surface area contributed by atoms with Crippen molar-refractivity contribution in [3.05, 3.63) is 35.4 Å². The number of alkyl halides is 6. The van der Waals surface area contributed by atoms with Crippen molar-refractivity contribution in [1.29, 1.82) is 0 Å². The van der Waals surface area contributed by atoms with E-state index in [2.05, 4.69) is 9.47 Å². The summed E-state index contributed by atoms with van der Waals surface area (Å²) in [7, 11) is -2.51. The SMILES string of the molecule is C[Si](C)(C)OC(=O)c1ccccc1C(OC(=O)C(F)(F)F)OC(=O)C(F)(F)F. The van der Waals surface area contributed by atoms with Gasteiger partial charge >= 0.3 is 30.3 Å². The highest BCUT2D eigenvalue weighted by Gasteiger charge is 2.47. The number of esters is 2. The Balaban J connectivity index is 3.36. The number of benzene rings is 1. The Morgan fingerprint density at radius 2 is 1.29 bits per heavy atom. The van der Waals surface area contributed by atoms with Crippen LogP contribution in [0.5, 0.6) is 0 Å². The van der Waals surface area contributed by atoms with Crippen LogP contribution in [0.2, 0.25) is 19.6 Å². The van der Waals surface area contributed by atoms with E-state index in [0.29, 0.717) is 0 Å². The molecule has 0 aliphatic rings. The molecule has 6 nitrogen and oxygen atoms in total. The van der Waals surface area contributed by atoms with E-state index < -0.39 is 56.0 Å². The molecule has 1 aromatic carbocycles. The number of hydrogen-bond acceptors (Lipinski definition) is 6. The lowest BCUT2D eigenvalue weighted by molar-refractivity contribution is -0.242. The lowest BCUT2D eigenvalue weighted by Crippen LogP contribution is -2.34. The lowest BCUT2D eigenvalue weighted by Gasteiger charge is -2.23. The van der Waals surface area contributed by atoms with Gasteiger partial charge in [0, 0.05) is 5.56 Å². The van der Waals surface area contributed by atoms with E-state index in [1.54, 1.807) is 19.6 Å². The summed E-state index contributed by atoms with van der Waals surface area (Å²) in [6.45, 7) is 4.79. The van der Waals surface area contributed by atoms with Gasteiger partial charge in [0.15, 0.2) is 0 Å². The second-order valence-corrected chi connectivity index (χ2v) is 10.7. The van der Waals surface area contributed by atoms with Gasteiger partial charge in [-0.3, -0.25) is 0 Å². The Bertz CT molecular complexity index is 725. The first-order valence-corrected chi connectivity index (χ1v) is 10.8. The molecule has 0 amide bonds. The van der Waals surface area contributed by atoms with Gasteiger partial charge in [-0.2, -0.15) is 26.3 Å². The monoisotopic (exact) mass is 432 g/mol. The summed E-state index contributed by atoms with van der Waals surface area (Å²) in [6.07, 6.45) is -14.0. The molecule has 28 heavy (non-hydrogen) atoms. The standard InChI is InChI=1S/C15H14F6O6Si/c1-28(2,3)27-10(22)8-6-4-5-7-9(8)11(25-12(23)14(16,17)18)26-13(24)15(19,20)21/h4-7,11H,1-3H3. The number of hydrogen-bond donors (Lipinski definition) is 0. The van der Waals surface area contributed by atoms with Crippen molar-refractivity contribution in [2.75, 3.05) is 0 Å². The number of ether oxygens (including phenoxy) is 2. The molecular weight excluding hydrogens is 418 g/mol. The summed E-state index contributed by atoms with van der Waals surface area (Å²) in [5.74, 6) is -6.92. The first-order valence-electron chi connectivity index (χ1n) is 7.40. The minimum atomic E-state index is -5.59. The zero-order chi connectivity index (χ0) is 21.9. The van der Waals surface area contributed by atoms with Gasteiger partial charge in [-0.1, -0.05) is 18.2 Å². The third kappa shape index (κ3) is 6.87. The van der Waals surface area contributed by atoms with Crippen LogP contribution in [0, 0.1) is 0 Å². The van der Waals surface area contributed by atoms with E-state index in [4.69, 9.17) is 4.43 Å². The minimum Gasteiger partial charge on any atom is -0.516 e. The number of carbonyl (C=O) groups excluding carboxylic acids is 3. The molecular formula is C15H14F6O6Si. The van der Waals surface area contributed by atoms with Crippen LogP contribution in [-0.2, 0) is 23.5 Å². The van der Waals surface area contributed by atoms with Crippen LogP contribution in [0.15, 0.2) is 24.3 Å². The van der Waals surface area contributed by atoms with E-state index in [-0.39, 0.29) is 0 Å². The van der Waals surface area contributed by atoms with Crippen LogP contribution < -0.4 is 0 Å². The van der Waals surface area contributed by atoms with Gasteiger partial charge in [-0.15, -0.1) is 0 Å². The van der Waals surface area contributed by atoms with Crippen LogP contribution in [0.1, 0.15) is 22.2 Å². The molecule has 0 atom stereocenters. The van der Waals surface area contributed by atoms with Gasteiger partial charge in [0.2, 0.25) is 8.32 Å². The molecule has 0 saturated heterocycles. The van der Waals surface area contributed by atoms with Crippen LogP contribution in [0.25, 0.3) is 0 Å². The van der Waals surface area contributed by atoms with E-state index >= 15 is 0 Å². The van der Waals surface area contributed by atoms with Crippen molar-refractivity contribution in [3.63, 3.8) is 0 Å². The first-order chi connectivity index (χ1) is 12.5. The number of carbonyl (C=O) groups is 3. The van der Waals surface area contributed by atoms with Crippen molar-refractivity contribution in [3.8, 4) is 0 Å². The number of halogens is 6. The van der Waals surface area contributed by atoms with Gasteiger partial charge in [-0.25, -0.2) is 14.4 Å². The maximum absolute atomic E-state index is 12.5. The van der Waals surface area contributed by atoms with Crippen molar-refractivity contribution in [1.82, 2.24) is 0 Å². The third-order valence-corrected chi connectivity index (χ3v) is 3.52. The van der Waals surface area contributed by atoms with Gasteiger partial charge in [0.1, 0.15) is 0 Å². The Labute approximate surface area is 155 Å². The summed E-state index contributed by atoms with van der Waals surface area (Å²) in [4.78, 5) is 34.4. The topological polar surface area (TPSA) is 78.9 Å². The minimum absolute atomic E-state index is 0.528. The average Bonchev–Trinajstić information content (AvgIpc) is 2.50. The quantitative estimate of drug-likeness (QED) is 0.304. The molecule has 0 unspecified atom stereocenters. The molecule has 0 heterocycles. The second kappa shape index (κ2) is 8.20. The van der Waals surface area contributed by atoms with Crippen LogP contribution in [-0.4, -0.2) is 38.6 Å². The summed E-state index contributed by atoms with van der Waals surface area (Å²) in [5, 5.41) is 0. The molecule has 0 radical (unpaired) electrons. The summed E-state index contributed by atoms with van der Waals surface area (Å²) in [6, 6.07) is 4.22. The zero-order valence-electron chi connectivity index (χ0n) is 14.6. The largest absolute Gasteiger partial charge is 0.516 e. The summed E-state index contributed by atoms with van der Waals surface area (Å²) >= 11 is 0. The molecule has 0 aliphatic carbocycles. The molecule has 0 fully saturated rings. The second-order valence-electron chi connectivity index (χ2n) is 6.23. The fourth-order valence-corrected chi connectivity index (χ4v) is 2.37. The van der Waals surface area contributed by atoms with Crippen LogP contribution in [0.4, 0.5) is 26.3 Å². The van der Waals surface area contributed by atoms with Gasteiger partial charge < -0.3 is 13.9 Å². The summed E-state index contributed by atoms with van der Waals surface area (Å²) in [5.41, 5.74) is -1.25. The van der Waals surface area contributed by atoms with E-state index in [0.717, 1.165) is 18.2 Å². The van der Waals surface area contributed by atoms with Crippen molar-refractivity contribution >= 4 is 26.2 Å². The van der Waals surface area contributed by atoms with Crippen molar-refractivity contribution < 1.29 is 54.6 Å². The summed E-state index contributed by atoms with van der Waals surface area (Å²) < 4.78 is 87.6. The Morgan fingerprint density at radius 1 is 0.857 bits per heavy atom. The fourth-order valence-electron chi connectivity index (χ4n) is 1.70.